The standard InChI is InChI=1S/C26H22N2O2S/c1-17-22(23(29)30-2)25(18-11-5-3-6-12-18)24-27-20-15-9-10-16-21(20)28(24)26(17,31-25)19-13-7-4-8-14-19/h3-17,22H,1-2H3/t17-,22+,25-,26-/m0/s1. The lowest BCUT2D eigenvalue weighted by Gasteiger charge is -2.39. The number of rotatable bonds is 3. The van der Waals surface area contributed by atoms with E-state index in [0.29, 0.717) is 0 Å². The van der Waals surface area contributed by atoms with Crippen LogP contribution in [-0.2, 0) is 19.1 Å². The molecule has 0 saturated carbocycles. The van der Waals surface area contributed by atoms with Crippen LogP contribution in [0.15, 0.2) is 84.9 Å². The lowest BCUT2D eigenvalue weighted by Crippen LogP contribution is -2.47. The number of hydrogen-bond donors (Lipinski definition) is 0. The molecule has 4 nitrogen and oxygen atoms in total. The topological polar surface area (TPSA) is 44.1 Å². The average molecular weight is 427 g/mol. The number of thioether (sulfide) groups is 1. The zero-order valence-corrected chi connectivity index (χ0v) is 18.2. The minimum absolute atomic E-state index is 0.00216. The maximum Gasteiger partial charge on any atom is 0.311 e. The molecule has 3 aromatic carbocycles. The van der Waals surface area contributed by atoms with Crippen molar-refractivity contribution in [1.29, 1.82) is 0 Å². The largest absolute Gasteiger partial charge is 0.469 e. The molecule has 3 heterocycles. The maximum atomic E-state index is 13.3. The van der Waals surface area contributed by atoms with Gasteiger partial charge in [0.05, 0.1) is 24.1 Å². The third-order valence-electron chi connectivity index (χ3n) is 6.94. The number of para-hydroxylation sites is 2. The molecule has 0 unspecified atom stereocenters. The van der Waals surface area contributed by atoms with Gasteiger partial charge in [-0.2, -0.15) is 0 Å². The molecule has 2 aliphatic rings. The molecule has 31 heavy (non-hydrogen) atoms. The summed E-state index contributed by atoms with van der Waals surface area (Å²) in [5.41, 5.74) is 4.33. The Labute approximate surface area is 185 Å². The van der Waals surface area contributed by atoms with Gasteiger partial charge >= 0.3 is 5.97 Å². The molecule has 1 fully saturated rings. The number of carbonyl (C=O) groups excluding carboxylic acids is 1. The van der Waals surface area contributed by atoms with Crippen LogP contribution in [0.3, 0.4) is 0 Å². The smallest absolute Gasteiger partial charge is 0.311 e. The summed E-state index contributed by atoms with van der Waals surface area (Å²) in [6.07, 6.45) is 0. The highest BCUT2D eigenvalue weighted by Crippen LogP contribution is 2.74. The fourth-order valence-electron chi connectivity index (χ4n) is 5.70. The van der Waals surface area contributed by atoms with Crippen LogP contribution in [0.1, 0.15) is 23.9 Å². The van der Waals surface area contributed by atoms with Gasteiger partial charge in [0.25, 0.3) is 0 Å². The molecule has 0 N–H and O–H groups in total. The van der Waals surface area contributed by atoms with E-state index in [9.17, 15) is 4.79 Å². The van der Waals surface area contributed by atoms with E-state index in [-0.39, 0.29) is 17.8 Å². The summed E-state index contributed by atoms with van der Waals surface area (Å²) in [4.78, 5) is 18.0. The average Bonchev–Trinajstić information content (AvgIpc) is 3.44. The number of nitrogens with zero attached hydrogens (tertiary/aromatic N) is 2. The number of methoxy groups -OCH3 is 1. The normalized spacial score (nSPS) is 28.6. The number of fused-ring (bicyclic) bond motifs is 7. The molecule has 4 aromatic rings. The third kappa shape index (κ3) is 2.17. The molecule has 5 heteroatoms. The van der Waals surface area contributed by atoms with E-state index in [1.54, 1.807) is 0 Å². The van der Waals surface area contributed by atoms with Crippen molar-refractivity contribution in [2.45, 2.75) is 16.5 Å². The lowest BCUT2D eigenvalue weighted by molar-refractivity contribution is -0.149. The zero-order valence-electron chi connectivity index (χ0n) is 17.4. The van der Waals surface area contributed by atoms with Crippen LogP contribution in [0.2, 0.25) is 0 Å². The monoisotopic (exact) mass is 426 g/mol. The van der Waals surface area contributed by atoms with Crippen LogP contribution < -0.4 is 0 Å². The molecule has 0 spiro atoms. The molecule has 2 bridgehead atoms. The minimum Gasteiger partial charge on any atom is -0.469 e. The molecule has 6 rings (SSSR count). The van der Waals surface area contributed by atoms with Gasteiger partial charge < -0.3 is 9.30 Å². The van der Waals surface area contributed by atoms with E-state index in [1.165, 1.54) is 12.7 Å². The van der Waals surface area contributed by atoms with Crippen LogP contribution in [0.5, 0.6) is 0 Å². The first-order chi connectivity index (χ1) is 15.1. The summed E-state index contributed by atoms with van der Waals surface area (Å²) in [5, 5.41) is 0. The van der Waals surface area contributed by atoms with E-state index < -0.39 is 9.62 Å². The molecular formula is C26H22N2O2S. The molecule has 2 aliphatic heterocycles. The van der Waals surface area contributed by atoms with Gasteiger partial charge in [0, 0.05) is 5.92 Å². The van der Waals surface area contributed by atoms with E-state index in [4.69, 9.17) is 9.72 Å². The number of benzene rings is 3. The zero-order chi connectivity index (χ0) is 21.2. The Morgan fingerprint density at radius 2 is 1.55 bits per heavy atom. The molecule has 0 radical (unpaired) electrons. The Morgan fingerprint density at radius 1 is 0.935 bits per heavy atom. The van der Waals surface area contributed by atoms with Crippen molar-refractivity contribution in [1.82, 2.24) is 9.55 Å². The second kappa shape index (κ2) is 6.47. The van der Waals surface area contributed by atoms with Gasteiger partial charge in [0.2, 0.25) is 0 Å². The van der Waals surface area contributed by atoms with Crippen LogP contribution in [0, 0.1) is 11.8 Å². The Morgan fingerprint density at radius 3 is 2.23 bits per heavy atom. The van der Waals surface area contributed by atoms with Crippen molar-refractivity contribution in [3.8, 4) is 0 Å². The Balaban J connectivity index is 1.77. The fraction of sp³-hybridized carbons (Fsp3) is 0.231. The van der Waals surface area contributed by atoms with Crippen LogP contribution in [0.4, 0.5) is 0 Å². The summed E-state index contributed by atoms with van der Waals surface area (Å²) in [7, 11) is 1.49. The number of carbonyl (C=O) groups is 1. The summed E-state index contributed by atoms with van der Waals surface area (Å²) in [6, 6.07) is 29.1. The van der Waals surface area contributed by atoms with Gasteiger partial charge in [-0.05, 0) is 23.3 Å². The summed E-state index contributed by atoms with van der Waals surface area (Å²) in [5.74, 6) is 0.397. The first kappa shape index (κ1) is 18.7. The third-order valence-corrected chi connectivity index (χ3v) is 9.04. The van der Waals surface area contributed by atoms with Gasteiger partial charge in [-0.15, -0.1) is 11.8 Å². The second-order valence-electron chi connectivity index (χ2n) is 8.32. The highest BCUT2D eigenvalue weighted by molar-refractivity contribution is 8.02. The maximum absolute atomic E-state index is 13.3. The molecular weight excluding hydrogens is 404 g/mol. The SMILES string of the molecule is COC(=O)[C@H]1[C@H](C)[C@@]2(c3ccccc3)S[C@]1(c1ccccc1)c1nc3ccccc3n12. The first-order valence-electron chi connectivity index (χ1n) is 10.5. The van der Waals surface area contributed by atoms with Crippen molar-refractivity contribution in [2.24, 2.45) is 11.8 Å². The quantitative estimate of drug-likeness (QED) is 0.424. The summed E-state index contributed by atoms with van der Waals surface area (Å²) in [6.45, 7) is 2.18. The number of esters is 1. The van der Waals surface area contributed by atoms with Crippen LogP contribution >= 0.6 is 11.8 Å². The fourth-order valence-corrected chi connectivity index (χ4v) is 7.96. The van der Waals surface area contributed by atoms with E-state index in [2.05, 4.69) is 66.1 Å². The van der Waals surface area contributed by atoms with Crippen LogP contribution in [-0.4, -0.2) is 22.6 Å². The van der Waals surface area contributed by atoms with Gasteiger partial charge in [-0.3, -0.25) is 4.79 Å². The van der Waals surface area contributed by atoms with Crippen molar-refractivity contribution in [3.05, 3.63) is 102 Å². The lowest BCUT2D eigenvalue weighted by atomic mass is 9.70. The summed E-state index contributed by atoms with van der Waals surface area (Å²) < 4.78 is 7.15. The van der Waals surface area contributed by atoms with Gasteiger partial charge in [0.1, 0.15) is 15.4 Å². The predicted molar refractivity (Wildman–Crippen MR) is 123 cm³/mol. The van der Waals surface area contributed by atoms with Crippen molar-refractivity contribution in [3.63, 3.8) is 0 Å². The van der Waals surface area contributed by atoms with Gasteiger partial charge in [-0.1, -0.05) is 79.7 Å². The molecule has 1 saturated heterocycles. The minimum atomic E-state index is -0.622. The first-order valence-corrected chi connectivity index (χ1v) is 11.3. The van der Waals surface area contributed by atoms with Crippen molar-refractivity contribution >= 4 is 28.8 Å². The number of imidazole rings is 1. The van der Waals surface area contributed by atoms with Crippen LogP contribution in [0.25, 0.3) is 11.0 Å². The Kier molecular flexibility index (Phi) is 3.90. The Bertz CT molecular complexity index is 1300. The van der Waals surface area contributed by atoms with E-state index in [0.717, 1.165) is 22.4 Å². The number of aromatic nitrogens is 2. The summed E-state index contributed by atoms with van der Waals surface area (Å²) >= 11 is 1.84. The van der Waals surface area contributed by atoms with E-state index >= 15 is 0 Å². The predicted octanol–water partition coefficient (Wildman–Crippen LogP) is 5.17. The van der Waals surface area contributed by atoms with Crippen molar-refractivity contribution < 1.29 is 9.53 Å². The molecule has 0 aliphatic carbocycles. The van der Waals surface area contributed by atoms with Gasteiger partial charge in [0.15, 0.2) is 0 Å². The Hall–Kier alpha value is -3.05. The molecule has 1 aromatic heterocycles. The molecule has 154 valence electrons. The molecule has 4 atom stereocenters. The second-order valence-corrected chi connectivity index (χ2v) is 9.79. The van der Waals surface area contributed by atoms with E-state index in [1.807, 2.05) is 42.1 Å². The molecule has 0 amide bonds. The number of hydrogen-bond acceptors (Lipinski definition) is 4. The van der Waals surface area contributed by atoms with Gasteiger partial charge in [-0.25, -0.2) is 4.98 Å². The number of ether oxygens (including phenoxy) is 1. The highest BCUT2D eigenvalue weighted by atomic mass is 32.2. The highest BCUT2D eigenvalue weighted by Gasteiger charge is 2.73. The van der Waals surface area contributed by atoms with Crippen molar-refractivity contribution in [2.75, 3.05) is 7.11 Å².